The van der Waals surface area contributed by atoms with Crippen molar-refractivity contribution < 1.29 is 27.8 Å². The second kappa shape index (κ2) is 9.23. The van der Waals surface area contributed by atoms with Gasteiger partial charge in [0.25, 0.3) is 0 Å². The van der Waals surface area contributed by atoms with E-state index in [1.807, 2.05) is 0 Å². The van der Waals surface area contributed by atoms with Gasteiger partial charge in [-0.1, -0.05) is 39.0 Å². The predicted octanol–water partition coefficient (Wildman–Crippen LogP) is 3.13. The molecule has 0 aromatic heterocycles. The Morgan fingerprint density at radius 1 is 1.12 bits per heavy atom. The van der Waals surface area contributed by atoms with Crippen LogP contribution in [0.25, 0.3) is 0 Å². The number of rotatable bonds is 10. The maximum Gasteiger partial charge on any atom is 0.708 e. The van der Waals surface area contributed by atoms with Crippen LogP contribution in [-0.4, -0.2) is 16.4 Å². The van der Waals surface area contributed by atoms with Crippen LogP contribution in [0.4, 0.5) is 0 Å². The lowest BCUT2D eigenvalue weighted by atomic mass is 10.1. The van der Waals surface area contributed by atoms with Crippen LogP contribution in [0.3, 0.4) is 0 Å². The Balaban J connectivity index is 3.32. The second-order valence-corrected chi connectivity index (χ2v) is 5.74. The van der Waals surface area contributed by atoms with Crippen LogP contribution in [0.2, 0.25) is 0 Å². The number of phosphoric acid groups is 1. The van der Waals surface area contributed by atoms with Crippen molar-refractivity contribution in [3.05, 3.63) is 0 Å². The molecule has 96 valence electrons. The molecule has 0 saturated carbocycles. The van der Waals surface area contributed by atoms with E-state index in [0.29, 0.717) is 0 Å². The molecular formula is C8H19O6P2+. The summed E-state index contributed by atoms with van der Waals surface area (Å²) >= 11 is 0. The third-order valence-electron chi connectivity index (χ3n) is 1.87. The minimum absolute atomic E-state index is 0.196. The zero-order valence-corrected chi connectivity index (χ0v) is 11.2. The fraction of sp³-hybridized carbons (Fsp3) is 1.00. The first kappa shape index (κ1) is 16.2. The number of hydrogen-bond donors (Lipinski definition) is 2. The van der Waals surface area contributed by atoms with Crippen molar-refractivity contribution >= 4 is 16.1 Å². The number of hydrogen-bond acceptors (Lipinski definition) is 4. The van der Waals surface area contributed by atoms with Crippen LogP contribution < -0.4 is 0 Å². The van der Waals surface area contributed by atoms with Crippen molar-refractivity contribution in [2.75, 3.05) is 6.61 Å². The van der Waals surface area contributed by atoms with Gasteiger partial charge in [0.2, 0.25) is 0 Å². The zero-order valence-electron chi connectivity index (χ0n) is 9.37. The average Bonchev–Trinajstić information content (AvgIpc) is 2.13. The highest BCUT2D eigenvalue weighted by atomic mass is 31.2. The Morgan fingerprint density at radius 2 is 1.69 bits per heavy atom. The van der Waals surface area contributed by atoms with E-state index in [1.54, 1.807) is 0 Å². The topological polar surface area (TPSA) is 93.1 Å². The van der Waals surface area contributed by atoms with Crippen LogP contribution in [0.1, 0.15) is 45.4 Å². The van der Waals surface area contributed by atoms with Crippen LogP contribution >= 0.6 is 16.1 Å². The molecule has 6 nitrogen and oxygen atoms in total. The SMILES string of the molecule is CCCCCCCCO[P+](=O)OP(=O)(O)O. The summed E-state index contributed by atoms with van der Waals surface area (Å²) in [6.45, 7) is 2.33. The molecular weight excluding hydrogens is 254 g/mol. The van der Waals surface area contributed by atoms with Crippen molar-refractivity contribution in [2.45, 2.75) is 45.4 Å². The van der Waals surface area contributed by atoms with Crippen molar-refractivity contribution in [3.8, 4) is 0 Å². The van der Waals surface area contributed by atoms with Gasteiger partial charge in [-0.2, -0.15) is 0 Å². The van der Waals surface area contributed by atoms with Crippen LogP contribution in [-0.2, 0) is 18.0 Å². The summed E-state index contributed by atoms with van der Waals surface area (Å²) in [4.78, 5) is 16.6. The van der Waals surface area contributed by atoms with Gasteiger partial charge in [0, 0.05) is 4.57 Å². The minimum atomic E-state index is -4.70. The Bertz CT molecular complexity index is 239. The highest BCUT2D eigenvalue weighted by molar-refractivity contribution is 7.55. The van der Waals surface area contributed by atoms with E-state index in [2.05, 4.69) is 15.8 Å². The summed E-state index contributed by atoms with van der Waals surface area (Å²) in [7, 11) is -7.41. The lowest BCUT2D eigenvalue weighted by Crippen LogP contribution is -1.89. The molecule has 0 rings (SSSR count). The highest BCUT2D eigenvalue weighted by Gasteiger charge is 2.33. The summed E-state index contributed by atoms with van der Waals surface area (Å²) in [6, 6.07) is 0. The monoisotopic (exact) mass is 273 g/mol. The van der Waals surface area contributed by atoms with Gasteiger partial charge >= 0.3 is 16.1 Å². The molecule has 0 saturated heterocycles. The lowest BCUT2D eigenvalue weighted by Gasteiger charge is -1.97. The molecule has 2 N–H and O–H groups in total. The van der Waals surface area contributed by atoms with Crippen molar-refractivity contribution in [3.63, 3.8) is 0 Å². The molecule has 1 atom stereocenters. The Morgan fingerprint density at radius 3 is 2.25 bits per heavy atom. The van der Waals surface area contributed by atoms with E-state index in [1.165, 1.54) is 19.3 Å². The van der Waals surface area contributed by atoms with Crippen molar-refractivity contribution in [1.29, 1.82) is 0 Å². The second-order valence-electron chi connectivity index (χ2n) is 3.40. The van der Waals surface area contributed by atoms with E-state index in [-0.39, 0.29) is 6.61 Å². The molecule has 1 unspecified atom stereocenters. The van der Waals surface area contributed by atoms with Gasteiger partial charge in [0.05, 0.1) is 0 Å². The van der Waals surface area contributed by atoms with Gasteiger partial charge in [-0.05, 0) is 10.7 Å². The molecule has 0 aliphatic rings. The molecule has 0 heterocycles. The third-order valence-corrected chi connectivity index (χ3v) is 3.65. The van der Waals surface area contributed by atoms with Crippen LogP contribution in [0.5, 0.6) is 0 Å². The van der Waals surface area contributed by atoms with Crippen LogP contribution in [0, 0.1) is 0 Å². The lowest BCUT2D eigenvalue weighted by molar-refractivity contribution is 0.238. The van der Waals surface area contributed by atoms with Gasteiger partial charge in [0.15, 0.2) is 0 Å². The zero-order chi connectivity index (χ0) is 12.4. The molecule has 0 aromatic carbocycles. The average molecular weight is 273 g/mol. The Kier molecular flexibility index (Phi) is 9.32. The molecule has 0 radical (unpaired) electrons. The van der Waals surface area contributed by atoms with Crippen molar-refractivity contribution in [2.24, 2.45) is 0 Å². The maximum atomic E-state index is 10.8. The maximum absolute atomic E-state index is 10.8. The standard InChI is InChI=1S/C8H18O6P2/c1-2-3-4-5-6-7-8-13-15(9)14-16(10,11)12/h2-8H2,1H3,(H-,10,11,12)/p+1. The molecule has 0 aliphatic heterocycles. The highest BCUT2D eigenvalue weighted by Crippen LogP contribution is 2.47. The van der Waals surface area contributed by atoms with Gasteiger partial charge in [0.1, 0.15) is 6.61 Å². The molecule has 8 heteroatoms. The van der Waals surface area contributed by atoms with Gasteiger partial charge in [-0.3, -0.25) is 0 Å². The molecule has 0 spiro atoms. The molecule has 0 aromatic rings. The number of unbranched alkanes of at least 4 members (excludes halogenated alkanes) is 5. The predicted molar refractivity (Wildman–Crippen MR) is 60.1 cm³/mol. The normalized spacial score (nSPS) is 12.8. The largest absolute Gasteiger partial charge is 0.708 e. The Labute approximate surface area is 96.5 Å². The first-order valence-corrected chi connectivity index (χ1v) is 7.93. The van der Waals surface area contributed by atoms with E-state index >= 15 is 0 Å². The van der Waals surface area contributed by atoms with E-state index in [9.17, 15) is 9.13 Å². The van der Waals surface area contributed by atoms with Crippen molar-refractivity contribution in [1.82, 2.24) is 0 Å². The molecule has 0 bridgehead atoms. The summed E-state index contributed by atoms with van der Waals surface area (Å²) in [6.07, 6.45) is 6.32. The summed E-state index contributed by atoms with van der Waals surface area (Å²) < 4.78 is 29.5. The van der Waals surface area contributed by atoms with E-state index < -0.39 is 16.1 Å². The molecule has 0 fully saturated rings. The fourth-order valence-corrected chi connectivity index (χ4v) is 2.29. The van der Waals surface area contributed by atoms with Gasteiger partial charge in [-0.25, -0.2) is 4.57 Å². The summed E-state index contributed by atoms with van der Waals surface area (Å²) in [5, 5.41) is 0. The van der Waals surface area contributed by atoms with Gasteiger partial charge in [-0.15, -0.1) is 4.52 Å². The smallest absolute Gasteiger partial charge is 0.300 e. The summed E-state index contributed by atoms with van der Waals surface area (Å²) in [5.74, 6) is 0. The summed E-state index contributed by atoms with van der Waals surface area (Å²) in [5.41, 5.74) is 0. The fourth-order valence-electron chi connectivity index (χ4n) is 1.13. The third kappa shape index (κ3) is 12.2. The molecule has 0 aliphatic carbocycles. The van der Waals surface area contributed by atoms with Gasteiger partial charge < -0.3 is 9.79 Å². The quantitative estimate of drug-likeness (QED) is 0.469. The first-order chi connectivity index (χ1) is 7.45. The Hall–Kier alpha value is 0.170. The molecule has 0 amide bonds. The van der Waals surface area contributed by atoms with Crippen LogP contribution in [0.15, 0.2) is 0 Å². The van der Waals surface area contributed by atoms with E-state index in [0.717, 1.165) is 19.3 Å². The van der Waals surface area contributed by atoms with E-state index in [4.69, 9.17) is 9.79 Å². The minimum Gasteiger partial charge on any atom is -0.300 e. The first-order valence-electron chi connectivity index (χ1n) is 5.31. The molecule has 16 heavy (non-hydrogen) atoms.